The van der Waals surface area contributed by atoms with Gasteiger partial charge in [-0.2, -0.15) is 0 Å². The first kappa shape index (κ1) is 16.0. The van der Waals surface area contributed by atoms with Crippen LogP contribution in [-0.4, -0.2) is 46.8 Å². The number of hydrogen-bond donors (Lipinski definition) is 3. The minimum atomic E-state index is -1.45. The summed E-state index contributed by atoms with van der Waals surface area (Å²) in [6.07, 6.45) is -1.46. The van der Waals surface area contributed by atoms with E-state index in [4.69, 9.17) is 10.2 Å². The Bertz CT molecular complexity index is 459. The molecule has 0 heterocycles. The number of carboxylic acids is 1. The van der Waals surface area contributed by atoms with E-state index in [1.807, 2.05) is 31.2 Å². The summed E-state index contributed by atoms with van der Waals surface area (Å²) >= 11 is 0. The minimum absolute atomic E-state index is 0.0144. The Morgan fingerprint density at radius 2 is 1.90 bits per heavy atom. The highest BCUT2D eigenvalue weighted by atomic mass is 16.4. The van der Waals surface area contributed by atoms with Crippen molar-refractivity contribution in [1.29, 1.82) is 0 Å². The van der Waals surface area contributed by atoms with Crippen LogP contribution in [0.1, 0.15) is 17.5 Å². The van der Waals surface area contributed by atoms with Crippen LogP contribution < -0.4 is 5.32 Å². The van der Waals surface area contributed by atoms with Gasteiger partial charge in [0.15, 0.2) is 6.10 Å². The number of aliphatic hydroxyl groups is 1. The molecule has 1 unspecified atom stereocenters. The number of urea groups is 1. The van der Waals surface area contributed by atoms with E-state index < -0.39 is 12.1 Å². The molecule has 0 aliphatic rings. The van der Waals surface area contributed by atoms with E-state index >= 15 is 0 Å². The number of nitrogens with zero attached hydrogens (tertiary/aromatic N) is 1. The molecule has 1 aromatic rings. The van der Waals surface area contributed by atoms with E-state index in [9.17, 15) is 9.59 Å². The molecule has 0 aromatic heterocycles. The zero-order valence-electron chi connectivity index (χ0n) is 11.7. The number of carbonyl (C=O) groups is 2. The average molecular weight is 280 g/mol. The van der Waals surface area contributed by atoms with Gasteiger partial charge in [0.05, 0.1) is 0 Å². The quantitative estimate of drug-likeness (QED) is 0.724. The van der Waals surface area contributed by atoms with Crippen molar-refractivity contribution in [2.24, 2.45) is 0 Å². The Hall–Kier alpha value is -2.08. The van der Waals surface area contributed by atoms with Gasteiger partial charge in [-0.05, 0) is 12.5 Å². The summed E-state index contributed by atoms with van der Waals surface area (Å²) in [7, 11) is 1.66. The number of carbonyl (C=O) groups excluding carboxylic acids is 1. The van der Waals surface area contributed by atoms with Crippen molar-refractivity contribution in [3.05, 3.63) is 35.4 Å². The molecule has 0 aliphatic heterocycles. The van der Waals surface area contributed by atoms with Crippen LogP contribution in [0, 0.1) is 6.92 Å². The molecule has 0 saturated heterocycles. The largest absolute Gasteiger partial charge is 0.479 e. The third-order valence-electron chi connectivity index (χ3n) is 2.87. The van der Waals surface area contributed by atoms with Crippen LogP contribution in [-0.2, 0) is 11.3 Å². The molecule has 0 saturated carbocycles. The van der Waals surface area contributed by atoms with E-state index in [2.05, 4.69) is 5.32 Å². The summed E-state index contributed by atoms with van der Waals surface area (Å²) in [5.74, 6) is -1.28. The van der Waals surface area contributed by atoms with Gasteiger partial charge in [-0.15, -0.1) is 0 Å². The van der Waals surface area contributed by atoms with Crippen LogP contribution in [0.3, 0.4) is 0 Å². The molecule has 0 spiro atoms. The first-order valence-electron chi connectivity index (χ1n) is 6.35. The maximum absolute atomic E-state index is 11.8. The van der Waals surface area contributed by atoms with Crippen molar-refractivity contribution < 1.29 is 19.8 Å². The normalized spacial score (nSPS) is 11.8. The third kappa shape index (κ3) is 5.27. The summed E-state index contributed by atoms with van der Waals surface area (Å²) < 4.78 is 0. The van der Waals surface area contributed by atoms with Crippen LogP contribution in [0.4, 0.5) is 4.79 Å². The fourth-order valence-electron chi connectivity index (χ4n) is 1.61. The SMILES string of the molecule is Cc1ccc(CN(C)C(=O)NCCC(O)C(=O)O)cc1. The van der Waals surface area contributed by atoms with Gasteiger partial charge in [-0.3, -0.25) is 0 Å². The summed E-state index contributed by atoms with van der Waals surface area (Å²) in [6.45, 7) is 2.58. The lowest BCUT2D eigenvalue weighted by molar-refractivity contribution is -0.146. The first-order valence-corrected chi connectivity index (χ1v) is 6.35. The average Bonchev–Trinajstić information content (AvgIpc) is 2.40. The lowest BCUT2D eigenvalue weighted by Gasteiger charge is -2.18. The topological polar surface area (TPSA) is 89.9 Å². The number of aryl methyl sites for hydroxylation is 1. The molecular weight excluding hydrogens is 260 g/mol. The predicted octanol–water partition coefficient (Wildman–Crippen LogP) is 0.972. The Balaban J connectivity index is 2.35. The molecule has 0 aliphatic carbocycles. The third-order valence-corrected chi connectivity index (χ3v) is 2.87. The number of nitrogens with one attached hydrogen (secondary N) is 1. The van der Waals surface area contributed by atoms with Gasteiger partial charge >= 0.3 is 12.0 Å². The van der Waals surface area contributed by atoms with Crippen LogP contribution in [0.5, 0.6) is 0 Å². The fourth-order valence-corrected chi connectivity index (χ4v) is 1.61. The van der Waals surface area contributed by atoms with Gasteiger partial charge in [0.1, 0.15) is 0 Å². The highest BCUT2D eigenvalue weighted by molar-refractivity contribution is 5.74. The van der Waals surface area contributed by atoms with Gasteiger partial charge in [0, 0.05) is 26.6 Å². The Morgan fingerprint density at radius 1 is 1.30 bits per heavy atom. The monoisotopic (exact) mass is 280 g/mol. The van der Waals surface area contributed by atoms with E-state index in [1.54, 1.807) is 7.05 Å². The van der Waals surface area contributed by atoms with Crippen molar-refractivity contribution in [2.75, 3.05) is 13.6 Å². The van der Waals surface area contributed by atoms with E-state index in [0.717, 1.165) is 11.1 Å². The molecule has 0 radical (unpaired) electrons. The minimum Gasteiger partial charge on any atom is -0.479 e. The zero-order chi connectivity index (χ0) is 15.1. The number of aliphatic hydroxyl groups excluding tert-OH is 1. The van der Waals surface area contributed by atoms with Crippen LogP contribution in [0.2, 0.25) is 0 Å². The maximum atomic E-state index is 11.8. The molecule has 6 heteroatoms. The molecule has 1 aromatic carbocycles. The van der Waals surface area contributed by atoms with Crippen LogP contribution in [0.15, 0.2) is 24.3 Å². The molecule has 3 N–H and O–H groups in total. The van der Waals surface area contributed by atoms with Gasteiger partial charge in [0.25, 0.3) is 0 Å². The number of carboxylic acid groups (broad SMARTS) is 1. The van der Waals surface area contributed by atoms with Gasteiger partial charge in [0.2, 0.25) is 0 Å². The second-order valence-electron chi connectivity index (χ2n) is 4.72. The van der Waals surface area contributed by atoms with Gasteiger partial charge in [-0.1, -0.05) is 29.8 Å². The molecule has 110 valence electrons. The molecule has 6 nitrogen and oxygen atoms in total. The van der Waals surface area contributed by atoms with E-state index in [-0.39, 0.29) is 19.0 Å². The summed E-state index contributed by atoms with van der Waals surface area (Å²) in [5.41, 5.74) is 2.17. The first-order chi connectivity index (χ1) is 9.40. The van der Waals surface area contributed by atoms with Crippen LogP contribution >= 0.6 is 0 Å². The van der Waals surface area contributed by atoms with Crippen molar-refractivity contribution in [2.45, 2.75) is 26.0 Å². The summed E-state index contributed by atoms with van der Waals surface area (Å²) in [4.78, 5) is 23.7. The van der Waals surface area contributed by atoms with Crippen molar-refractivity contribution >= 4 is 12.0 Å². The molecule has 20 heavy (non-hydrogen) atoms. The predicted molar refractivity (Wildman–Crippen MR) is 74.3 cm³/mol. The number of hydrogen-bond acceptors (Lipinski definition) is 3. The van der Waals surface area contributed by atoms with Crippen molar-refractivity contribution in [3.8, 4) is 0 Å². The smallest absolute Gasteiger partial charge is 0.332 e. The molecule has 1 rings (SSSR count). The highest BCUT2D eigenvalue weighted by Gasteiger charge is 2.14. The number of rotatable bonds is 6. The molecule has 0 bridgehead atoms. The van der Waals surface area contributed by atoms with Crippen molar-refractivity contribution in [3.63, 3.8) is 0 Å². The Kier molecular flexibility index (Phi) is 5.99. The maximum Gasteiger partial charge on any atom is 0.332 e. The Labute approximate surface area is 118 Å². The fraction of sp³-hybridized carbons (Fsp3) is 0.429. The zero-order valence-corrected chi connectivity index (χ0v) is 11.7. The lowest BCUT2D eigenvalue weighted by Crippen LogP contribution is -2.38. The van der Waals surface area contributed by atoms with E-state index in [0.29, 0.717) is 6.54 Å². The van der Waals surface area contributed by atoms with Gasteiger partial charge in [-0.25, -0.2) is 9.59 Å². The summed E-state index contributed by atoms with van der Waals surface area (Å²) in [5, 5.41) is 20.1. The number of aliphatic carboxylic acids is 1. The number of amides is 2. The molecule has 1 atom stereocenters. The molecular formula is C14H20N2O4. The van der Waals surface area contributed by atoms with E-state index in [1.165, 1.54) is 4.90 Å². The number of benzene rings is 1. The summed E-state index contributed by atoms with van der Waals surface area (Å²) in [6, 6.07) is 7.55. The van der Waals surface area contributed by atoms with Crippen molar-refractivity contribution in [1.82, 2.24) is 10.2 Å². The second-order valence-corrected chi connectivity index (χ2v) is 4.72. The second kappa shape index (κ2) is 7.49. The standard InChI is InChI=1S/C14H20N2O4/c1-10-3-5-11(6-4-10)9-16(2)14(20)15-8-7-12(17)13(18)19/h3-6,12,17H,7-9H2,1-2H3,(H,15,20)(H,18,19). The highest BCUT2D eigenvalue weighted by Crippen LogP contribution is 2.05. The van der Waals surface area contributed by atoms with Crippen LogP contribution in [0.25, 0.3) is 0 Å². The lowest BCUT2D eigenvalue weighted by atomic mass is 10.1. The molecule has 2 amide bonds. The molecule has 0 fully saturated rings. The Morgan fingerprint density at radius 3 is 2.45 bits per heavy atom. The van der Waals surface area contributed by atoms with Gasteiger partial charge < -0.3 is 20.4 Å².